The second kappa shape index (κ2) is 5.69. The predicted octanol–water partition coefficient (Wildman–Crippen LogP) is 2.02. The zero-order valence-corrected chi connectivity index (χ0v) is 12.2. The highest BCUT2D eigenvalue weighted by Gasteiger charge is 2.21. The Morgan fingerprint density at radius 2 is 1.89 bits per heavy atom. The number of hydrogen-bond donors (Lipinski definition) is 2. The first-order chi connectivity index (χ1) is 8.31. The second-order valence-electron chi connectivity index (χ2n) is 5.74. The van der Waals surface area contributed by atoms with Gasteiger partial charge in [0.15, 0.2) is 0 Å². The molecule has 18 heavy (non-hydrogen) atoms. The third-order valence-electron chi connectivity index (χ3n) is 3.06. The Morgan fingerprint density at radius 1 is 1.28 bits per heavy atom. The molecule has 1 aromatic rings. The van der Waals surface area contributed by atoms with Gasteiger partial charge in [-0.3, -0.25) is 10.7 Å². The molecule has 4 nitrogen and oxygen atoms in total. The van der Waals surface area contributed by atoms with Crippen LogP contribution in [0.1, 0.15) is 38.1 Å². The molecule has 4 heteroatoms. The maximum atomic E-state index is 5.64. The van der Waals surface area contributed by atoms with Crippen molar-refractivity contribution in [3.63, 3.8) is 0 Å². The minimum absolute atomic E-state index is 0.0674. The lowest BCUT2D eigenvalue weighted by Gasteiger charge is -2.28. The molecule has 0 fully saturated rings. The molecule has 0 spiro atoms. The maximum Gasteiger partial charge on any atom is 0.125 e. The lowest BCUT2D eigenvalue weighted by atomic mass is 9.85. The number of nitrogens with one attached hydrogen (secondary N) is 1. The van der Waals surface area contributed by atoms with Gasteiger partial charge in [-0.1, -0.05) is 26.8 Å². The molecule has 0 saturated heterocycles. The van der Waals surface area contributed by atoms with Gasteiger partial charge in [0.05, 0.1) is 7.11 Å². The topological polar surface area (TPSA) is 50.5 Å². The van der Waals surface area contributed by atoms with Gasteiger partial charge in [0.2, 0.25) is 0 Å². The van der Waals surface area contributed by atoms with Crippen LogP contribution in [0.5, 0.6) is 5.75 Å². The summed E-state index contributed by atoms with van der Waals surface area (Å²) in [5, 5.41) is 0. The monoisotopic (exact) mass is 251 g/mol. The summed E-state index contributed by atoms with van der Waals surface area (Å²) in [6.07, 6.45) is -0.0674. The third-order valence-corrected chi connectivity index (χ3v) is 3.06. The molecule has 0 radical (unpaired) electrons. The molecule has 1 atom stereocenters. The molecule has 1 aromatic carbocycles. The Bertz CT molecular complexity index is 397. The van der Waals surface area contributed by atoms with Gasteiger partial charge in [0, 0.05) is 5.56 Å². The van der Waals surface area contributed by atoms with Crippen molar-refractivity contribution in [2.45, 2.75) is 32.4 Å². The summed E-state index contributed by atoms with van der Waals surface area (Å²) in [4.78, 5) is 2.02. The molecule has 0 aliphatic rings. The molecule has 0 heterocycles. The summed E-state index contributed by atoms with van der Waals surface area (Å²) in [6, 6.07) is 6.26. The quantitative estimate of drug-likeness (QED) is 0.488. The fraction of sp³-hybridized carbons (Fsp3) is 0.571. The van der Waals surface area contributed by atoms with Gasteiger partial charge >= 0.3 is 0 Å². The molecule has 0 aliphatic heterocycles. The fourth-order valence-corrected chi connectivity index (χ4v) is 1.93. The zero-order valence-electron chi connectivity index (χ0n) is 12.2. The standard InChI is InChI=1S/C14H25N3O/c1-14(2,3)10-7-8-12(18-6)11(9-10)13(16-15)17(4)5/h7-9,13,16H,15H2,1-6H3. The van der Waals surface area contributed by atoms with E-state index in [2.05, 4.69) is 38.3 Å². The number of hydrogen-bond acceptors (Lipinski definition) is 4. The highest BCUT2D eigenvalue weighted by Crippen LogP contribution is 2.31. The number of rotatable bonds is 4. The van der Waals surface area contributed by atoms with Crippen molar-refractivity contribution in [1.29, 1.82) is 0 Å². The van der Waals surface area contributed by atoms with Gasteiger partial charge in [0.1, 0.15) is 11.9 Å². The van der Waals surface area contributed by atoms with E-state index < -0.39 is 0 Å². The van der Waals surface area contributed by atoms with Crippen molar-refractivity contribution >= 4 is 0 Å². The van der Waals surface area contributed by atoms with Crippen LogP contribution in [0.15, 0.2) is 18.2 Å². The highest BCUT2D eigenvalue weighted by molar-refractivity contribution is 5.41. The minimum Gasteiger partial charge on any atom is -0.496 e. The van der Waals surface area contributed by atoms with Crippen molar-refractivity contribution in [1.82, 2.24) is 10.3 Å². The normalized spacial score (nSPS) is 13.8. The van der Waals surface area contributed by atoms with E-state index in [4.69, 9.17) is 10.6 Å². The first-order valence-corrected chi connectivity index (χ1v) is 6.12. The van der Waals surface area contributed by atoms with Gasteiger partial charge < -0.3 is 4.74 Å². The van der Waals surface area contributed by atoms with Crippen LogP contribution < -0.4 is 16.0 Å². The van der Waals surface area contributed by atoms with E-state index >= 15 is 0 Å². The van der Waals surface area contributed by atoms with E-state index in [0.29, 0.717) is 0 Å². The molecule has 0 aromatic heterocycles. The molecule has 0 amide bonds. The summed E-state index contributed by atoms with van der Waals surface area (Å²) in [6.45, 7) is 6.58. The van der Waals surface area contributed by atoms with Crippen LogP contribution >= 0.6 is 0 Å². The first kappa shape index (κ1) is 15.0. The highest BCUT2D eigenvalue weighted by atomic mass is 16.5. The molecular formula is C14H25N3O. The number of nitrogens with two attached hydrogens (primary N) is 1. The van der Waals surface area contributed by atoms with Gasteiger partial charge in [0.25, 0.3) is 0 Å². The number of ether oxygens (including phenoxy) is 1. The summed E-state index contributed by atoms with van der Waals surface area (Å²) >= 11 is 0. The van der Waals surface area contributed by atoms with Gasteiger partial charge in [-0.25, -0.2) is 5.43 Å². The van der Waals surface area contributed by atoms with Crippen molar-refractivity contribution in [2.24, 2.45) is 5.84 Å². The van der Waals surface area contributed by atoms with Crippen LogP contribution in [-0.4, -0.2) is 26.1 Å². The smallest absolute Gasteiger partial charge is 0.125 e. The Morgan fingerprint density at radius 3 is 2.28 bits per heavy atom. The number of nitrogens with zero attached hydrogens (tertiary/aromatic N) is 1. The van der Waals surface area contributed by atoms with Crippen molar-refractivity contribution < 1.29 is 4.74 Å². The second-order valence-corrected chi connectivity index (χ2v) is 5.74. The Hall–Kier alpha value is -1.10. The molecule has 0 bridgehead atoms. The van der Waals surface area contributed by atoms with Crippen LogP contribution in [0.3, 0.4) is 0 Å². The largest absolute Gasteiger partial charge is 0.496 e. The predicted molar refractivity (Wildman–Crippen MR) is 75.4 cm³/mol. The number of benzene rings is 1. The van der Waals surface area contributed by atoms with E-state index in [1.165, 1.54) is 5.56 Å². The molecular weight excluding hydrogens is 226 g/mol. The molecule has 1 unspecified atom stereocenters. The van der Waals surface area contributed by atoms with Gasteiger partial charge in [-0.2, -0.15) is 0 Å². The van der Waals surface area contributed by atoms with Gasteiger partial charge in [-0.05, 0) is 37.2 Å². The van der Waals surface area contributed by atoms with Crippen LogP contribution in [-0.2, 0) is 5.41 Å². The summed E-state index contributed by atoms with van der Waals surface area (Å²) in [5.41, 5.74) is 5.24. The molecule has 102 valence electrons. The van der Waals surface area contributed by atoms with E-state index in [-0.39, 0.29) is 11.6 Å². The van der Waals surface area contributed by atoms with Crippen molar-refractivity contribution in [3.05, 3.63) is 29.3 Å². The van der Waals surface area contributed by atoms with Crippen LogP contribution in [0.4, 0.5) is 0 Å². The van der Waals surface area contributed by atoms with E-state index in [1.807, 2.05) is 25.1 Å². The number of methoxy groups -OCH3 is 1. The molecule has 0 aliphatic carbocycles. The molecule has 1 rings (SSSR count). The maximum absolute atomic E-state index is 5.64. The van der Waals surface area contributed by atoms with E-state index in [0.717, 1.165) is 11.3 Å². The van der Waals surface area contributed by atoms with Crippen LogP contribution in [0.2, 0.25) is 0 Å². The Balaban J connectivity index is 3.29. The SMILES string of the molecule is COc1ccc(C(C)(C)C)cc1C(NN)N(C)C. The van der Waals surface area contributed by atoms with Crippen molar-refractivity contribution in [3.8, 4) is 5.75 Å². The summed E-state index contributed by atoms with van der Waals surface area (Å²) in [5.74, 6) is 6.49. The Kier molecular flexibility index (Phi) is 4.73. The average molecular weight is 251 g/mol. The fourth-order valence-electron chi connectivity index (χ4n) is 1.93. The summed E-state index contributed by atoms with van der Waals surface area (Å²) in [7, 11) is 5.64. The van der Waals surface area contributed by atoms with Crippen molar-refractivity contribution in [2.75, 3.05) is 21.2 Å². The Labute approximate surface area is 110 Å². The molecule has 3 N–H and O–H groups in total. The summed E-state index contributed by atoms with van der Waals surface area (Å²) < 4.78 is 5.42. The van der Waals surface area contributed by atoms with Crippen LogP contribution in [0.25, 0.3) is 0 Å². The van der Waals surface area contributed by atoms with E-state index in [1.54, 1.807) is 7.11 Å². The lowest BCUT2D eigenvalue weighted by molar-refractivity contribution is 0.245. The average Bonchev–Trinajstić information content (AvgIpc) is 2.28. The lowest BCUT2D eigenvalue weighted by Crippen LogP contribution is -2.38. The number of hydrazine groups is 1. The van der Waals surface area contributed by atoms with E-state index in [9.17, 15) is 0 Å². The third kappa shape index (κ3) is 3.22. The minimum atomic E-state index is -0.0674. The zero-order chi connectivity index (χ0) is 13.9. The van der Waals surface area contributed by atoms with Gasteiger partial charge in [-0.15, -0.1) is 0 Å². The molecule has 0 saturated carbocycles. The first-order valence-electron chi connectivity index (χ1n) is 6.12. The van der Waals surface area contributed by atoms with Crippen LogP contribution in [0, 0.1) is 0 Å².